The van der Waals surface area contributed by atoms with E-state index in [2.05, 4.69) is 101 Å². The van der Waals surface area contributed by atoms with Crippen molar-refractivity contribution in [1.82, 2.24) is 14.5 Å². The monoisotopic (exact) mass is 451 g/mol. The summed E-state index contributed by atoms with van der Waals surface area (Å²) in [6, 6.07) is 35.6. The second-order valence-electron chi connectivity index (χ2n) is 8.76. The molecule has 3 aromatic heterocycles. The molecule has 0 radical (unpaired) electrons. The Hall–Kier alpha value is -4.70. The summed E-state index contributed by atoms with van der Waals surface area (Å²) in [5.74, 6) is 0.850. The largest absolute Gasteiger partial charge is 0.437 e. The number of aryl methyl sites for hydroxylation is 1. The third kappa shape index (κ3) is 3.07. The summed E-state index contributed by atoms with van der Waals surface area (Å²) in [6.07, 6.45) is 1.77. The first-order chi connectivity index (χ1) is 17.3. The lowest BCUT2D eigenvalue weighted by Gasteiger charge is -2.11. The van der Waals surface area contributed by atoms with E-state index in [1.165, 1.54) is 11.1 Å². The van der Waals surface area contributed by atoms with Gasteiger partial charge < -0.3 is 4.42 Å². The van der Waals surface area contributed by atoms with Gasteiger partial charge in [-0.2, -0.15) is 0 Å². The Balaban J connectivity index is 1.49. The van der Waals surface area contributed by atoms with Gasteiger partial charge in [0, 0.05) is 22.7 Å². The summed E-state index contributed by atoms with van der Waals surface area (Å²) in [4.78, 5) is 9.53. The molecule has 0 saturated heterocycles. The van der Waals surface area contributed by atoms with Crippen LogP contribution in [0.15, 0.2) is 114 Å². The number of hydrogen-bond donors (Lipinski definition) is 0. The quantitative estimate of drug-likeness (QED) is 0.274. The second kappa shape index (κ2) is 7.67. The number of aromatic nitrogens is 3. The van der Waals surface area contributed by atoms with Gasteiger partial charge in [-0.05, 0) is 66.1 Å². The molecule has 7 aromatic rings. The van der Waals surface area contributed by atoms with E-state index in [-0.39, 0.29) is 0 Å². The maximum Gasteiger partial charge on any atom is 0.227 e. The van der Waals surface area contributed by atoms with Crippen molar-refractivity contribution in [1.29, 1.82) is 0 Å². The minimum absolute atomic E-state index is 0.646. The highest BCUT2D eigenvalue weighted by atomic mass is 16.3. The van der Waals surface area contributed by atoms with E-state index < -0.39 is 0 Å². The van der Waals surface area contributed by atoms with Gasteiger partial charge in [0.1, 0.15) is 11.4 Å². The number of imidazole rings is 1. The summed E-state index contributed by atoms with van der Waals surface area (Å²) >= 11 is 0. The van der Waals surface area contributed by atoms with Gasteiger partial charge in [-0.1, -0.05) is 60.7 Å². The standard InChI is InChI=1S/C31H21N3O/c1-20-13-18-25(29-28(20)24-10-7-19-32-31(24)35-29)30-33-26-11-5-6-12-27(26)34(30)23-16-14-22(15-17-23)21-8-3-2-4-9-21/h2-19H,1H3. The number of para-hydroxylation sites is 2. The predicted octanol–water partition coefficient (Wildman–Crippen LogP) is 7.96. The van der Waals surface area contributed by atoms with Gasteiger partial charge in [0.15, 0.2) is 0 Å². The SMILES string of the molecule is Cc1ccc(-c2nc3ccccc3n2-c2ccc(-c3ccccc3)cc2)c2oc3ncccc3c12. The average Bonchev–Trinajstić information content (AvgIpc) is 3.49. The van der Waals surface area contributed by atoms with Gasteiger partial charge in [0.25, 0.3) is 0 Å². The third-order valence-electron chi connectivity index (χ3n) is 6.64. The van der Waals surface area contributed by atoms with Crippen LogP contribution in [0.1, 0.15) is 5.56 Å². The number of pyridine rings is 1. The van der Waals surface area contributed by atoms with Crippen LogP contribution in [-0.4, -0.2) is 14.5 Å². The summed E-state index contributed by atoms with van der Waals surface area (Å²) in [5, 5.41) is 2.11. The maximum atomic E-state index is 6.32. The lowest BCUT2D eigenvalue weighted by Crippen LogP contribution is -1.98. The molecule has 0 bridgehead atoms. The number of nitrogens with zero attached hydrogens (tertiary/aromatic N) is 3. The molecule has 0 aliphatic rings. The summed E-state index contributed by atoms with van der Waals surface area (Å²) < 4.78 is 8.54. The fraction of sp³-hybridized carbons (Fsp3) is 0.0323. The topological polar surface area (TPSA) is 43.9 Å². The van der Waals surface area contributed by atoms with Crippen molar-refractivity contribution < 1.29 is 4.42 Å². The van der Waals surface area contributed by atoms with Crippen LogP contribution in [0.2, 0.25) is 0 Å². The van der Waals surface area contributed by atoms with Crippen LogP contribution in [0.25, 0.3) is 61.3 Å². The molecule has 4 aromatic carbocycles. The fourth-order valence-electron chi connectivity index (χ4n) is 4.96. The van der Waals surface area contributed by atoms with Crippen molar-refractivity contribution in [3.63, 3.8) is 0 Å². The Morgan fingerprint density at radius 2 is 1.49 bits per heavy atom. The van der Waals surface area contributed by atoms with E-state index in [0.29, 0.717) is 5.71 Å². The van der Waals surface area contributed by atoms with Crippen molar-refractivity contribution in [3.05, 3.63) is 115 Å². The highest BCUT2D eigenvalue weighted by Gasteiger charge is 2.20. The molecule has 4 heteroatoms. The van der Waals surface area contributed by atoms with Gasteiger partial charge in [-0.25, -0.2) is 9.97 Å². The smallest absolute Gasteiger partial charge is 0.227 e. The fourth-order valence-corrected chi connectivity index (χ4v) is 4.96. The summed E-state index contributed by atoms with van der Waals surface area (Å²) in [7, 11) is 0. The van der Waals surface area contributed by atoms with Crippen LogP contribution >= 0.6 is 0 Å². The van der Waals surface area contributed by atoms with E-state index in [9.17, 15) is 0 Å². The van der Waals surface area contributed by atoms with Crippen LogP contribution in [0.3, 0.4) is 0 Å². The third-order valence-corrected chi connectivity index (χ3v) is 6.64. The van der Waals surface area contributed by atoms with Crippen LogP contribution in [-0.2, 0) is 0 Å². The minimum atomic E-state index is 0.646. The molecule has 0 N–H and O–H groups in total. The van der Waals surface area contributed by atoms with E-state index >= 15 is 0 Å². The van der Waals surface area contributed by atoms with Crippen LogP contribution < -0.4 is 0 Å². The Labute approximate surface area is 202 Å². The van der Waals surface area contributed by atoms with Crippen molar-refractivity contribution in [3.8, 4) is 28.2 Å². The molecule has 35 heavy (non-hydrogen) atoms. The number of fused-ring (bicyclic) bond motifs is 4. The number of furan rings is 1. The molecule has 7 rings (SSSR count). The molecule has 0 saturated carbocycles. The van der Waals surface area contributed by atoms with Crippen molar-refractivity contribution in [2.75, 3.05) is 0 Å². The Kier molecular flexibility index (Phi) is 4.33. The van der Waals surface area contributed by atoms with Gasteiger partial charge in [0.2, 0.25) is 5.71 Å². The molecule has 0 amide bonds. The summed E-state index contributed by atoms with van der Waals surface area (Å²) in [6.45, 7) is 2.11. The Morgan fingerprint density at radius 1 is 0.714 bits per heavy atom. The molecular formula is C31H21N3O. The molecule has 0 spiro atoms. The lowest BCUT2D eigenvalue weighted by atomic mass is 10.0. The molecule has 3 heterocycles. The average molecular weight is 452 g/mol. The molecule has 0 atom stereocenters. The first-order valence-corrected chi connectivity index (χ1v) is 11.7. The van der Waals surface area contributed by atoms with Crippen molar-refractivity contribution in [2.45, 2.75) is 6.92 Å². The number of benzene rings is 4. The zero-order valence-corrected chi connectivity index (χ0v) is 19.1. The lowest BCUT2D eigenvalue weighted by molar-refractivity contribution is 0.654. The zero-order valence-electron chi connectivity index (χ0n) is 19.1. The van der Waals surface area contributed by atoms with Crippen LogP contribution in [0.5, 0.6) is 0 Å². The highest BCUT2D eigenvalue weighted by molar-refractivity contribution is 6.10. The van der Waals surface area contributed by atoms with Gasteiger partial charge in [-0.15, -0.1) is 0 Å². The number of hydrogen-bond acceptors (Lipinski definition) is 3. The molecule has 166 valence electrons. The van der Waals surface area contributed by atoms with E-state index in [4.69, 9.17) is 9.40 Å². The molecule has 0 aliphatic carbocycles. The van der Waals surface area contributed by atoms with Crippen LogP contribution in [0.4, 0.5) is 0 Å². The highest BCUT2D eigenvalue weighted by Crippen LogP contribution is 2.38. The van der Waals surface area contributed by atoms with Crippen LogP contribution in [0, 0.1) is 6.92 Å². The molecule has 0 fully saturated rings. The van der Waals surface area contributed by atoms with Crippen molar-refractivity contribution in [2.24, 2.45) is 0 Å². The van der Waals surface area contributed by atoms with Gasteiger partial charge >= 0.3 is 0 Å². The normalized spacial score (nSPS) is 11.6. The molecular weight excluding hydrogens is 430 g/mol. The number of rotatable bonds is 3. The molecule has 0 aliphatic heterocycles. The van der Waals surface area contributed by atoms with Crippen molar-refractivity contribution >= 4 is 33.1 Å². The summed E-state index contributed by atoms with van der Waals surface area (Å²) in [5.41, 5.74) is 9.00. The maximum absolute atomic E-state index is 6.32. The molecule has 4 nitrogen and oxygen atoms in total. The van der Waals surface area contributed by atoms with E-state index in [0.717, 1.165) is 50.0 Å². The second-order valence-corrected chi connectivity index (χ2v) is 8.76. The minimum Gasteiger partial charge on any atom is -0.437 e. The molecule has 0 unspecified atom stereocenters. The van der Waals surface area contributed by atoms with Gasteiger partial charge in [-0.3, -0.25) is 4.57 Å². The van der Waals surface area contributed by atoms with Gasteiger partial charge in [0.05, 0.1) is 16.6 Å². The predicted molar refractivity (Wildman–Crippen MR) is 142 cm³/mol. The zero-order chi connectivity index (χ0) is 23.4. The Morgan fingerprint density at radius 3 is 2.34 bits per heavy atom. The Bertz CT molecular complexity index is 1840. The first kappa shape index (κ1) is 19.7. The van der Waals surface area contributed by atoms with E-state index in [1.807, 2.05) is 18.2 Å². The van der Waals surface area contributed by atoms with E-state index in [1.54, 1.807) is 6.20 Å². The first-order valence-electron chi connectivity index (χ1n) is 11.7.